The third-order valence-corrected chi connectivity index (χ3v) is 6.35. The average molecular weight is 428 g/mol. The van der Waals surface area contributed by atoms with Gasteiger partial charge in [-0.15, -0.1) is 0 Å². The van der Waals surface area contributed by atoms with Gasteiger partial charge < -0.3 is 9.47 Å². The maximum absolute atomic E-state index is 12.8. The minimum absolute atomic E-state index is 0.0519. The molecule has 1 heterocycles. The van der Waals surface area contributed by atoms with E-state index in [1.165, 1.54) is 0 Å². The molecule has 0 unspecified atom stereocenters. The van der Waals surface area contributed by atoms with E-state index in [0.717, 1.165) is 48.3 Å². The van der Waals surface area contributed by atoms with Gasteiger partial charge in [0, 0.05) is 42.7 Å². The molecule has 2 aliphatic carbocycles. The van der Waals surface area contributed by atoms with Crippen LogP contribution in [0.15, 0.2) is 71.2 Å². The molecule has 2 aromatic rings. The monoisotopic (exact) mass is 428 g/mol. The van der Waals surface area contributed by atoms with E-state index >= 15 is 0 Å². The average Bonchev–Trinajstić information content (AvgIpc) is 2.79. The summed E-state index contributed by atoms with van der Waals surface area (Å²) in [5.74, 6) is 1.12. The number of Topliss-reactive ketones (excluding diaryl/α,β-unsaturated/α-hetero) is 2. The van der Waals surface area contributed by atoms with Gasteiger partial charge in [0.05, 0.1) is 5.56 Å². The lowest BCUT2D eigenvalue weighted by molar-refractivity contribution is -0.117. The third-order valence-electron chi connectivity index (χ3n) is 6.35. The van der Waals surface area contributed by atoms with Crippen LogP contribution in [-0.4, -0.2) is 17.5 Å². The molecule has 0 amide bonds. The molecule has 0 bridgehead atoms. The van der Waals surface area contributed by atoms with Gasteiger partial charge in [-0.2, -0.15) is 0 Å². The number of ether oxygens (including phenoxy) is 2. The van der Waals surface area contributed by atoms with Crippen molar-refractivity contribution in [2.45, 2.75) is 51.4 Å². The first-order chi connectivity index (χ1) is 15.5. The summed E-state index contributed by atoms with van der Waals surface area (Å²) in [5.41, 5.74) is 3.63. The van der Waals surface area contributed by atoms with E-state index in [0.29, 0.717) is 35.3 Å². The molecule has 0 fully saturated rings. The Morgan fingerprint density at radius 2 is 1.38 bits per heavy atom. The predicted molar refractivity (Wildman–Crippen MR) is 118 cm³/mol. The molecule has 0 saturated heterocycles. The van der Waals surface area contributed by atoms with Crippen molar-refractivity contribution >= 4 is 17.5 Å². The highest BCUT2D eigenvalue weighted by Gasteiger charge is 2.41. The summed E-state index contributed by atoms with van der Waals surface area (Å²) in [7, 11) is 0. The van der Waals surface area contributed by atoms with Gasteiger partial charge in [-0.05, 0) is 49.6 Å². The Labute approximate surface area is 186 Å². The minimum Gasteiger partial charge on any atom is -0.465 e. The normalized spacial score (nSPS) is 18.8. The lowest BCUT2D eigenvalue weighted by Crippen LogP contribution is -2.30. The van der Waals surface area contributed by atoms with Crippen molar-refractivity contribution in [1.29, 1.82) is 0 Å². The Kier molecular flexibility index (Phi) is 5.25. The fourth-order valence-corrected chi connectivity index (χ4v) is 4.73. The standard InChI is InChI=1S/C27H24O5/c1-16-8-10-18(11-9-16)27(30)31-19-14-12-17(13-15-19)24-25-20(28)4-2-6-22(25)32-23-7-3-5-21(29)26(23)24/h8-15,24H,2-7H2,1H3. The predicted octanol–water partition coefficient (Wildman–Crippen LogP) is 5.34. The zero-order valence-electron chi connectivity index (χ0n) is 18.0. The second-order valence-electron chi connectivity index (χ2n) is 8.59. The van der Waals surface area contributed by atoms with Crippen molar-refractivity contribution in [2.75, 3.05) is 0 Å². The number of aryl methyl sites for hydroxylation is 1. The van der Waals surface area contributed by atoms with Crippen molar-refractivity contribution in [3.63, 3.8) is 0 Å². The van der Waals surface area contributed by atoms with Crippen molar-refractivity contribution in [2.24, 2.45) is 0 Å². The van der Waals surface area contributed by atoms with Crippen LogP contribution in [0, 0.1) is 6.92 Å². The Bertz CT molecular complexity index is 1120. The first-order valence-corrected chi connectivity index (χ1v) is 11.1. The van der Waals surface area contributed by atoms with Gasteiger partial charge in [0.15, 0.2) is 11.6 Å². The zero-order chi connectivity index (χ0) is 22.2. The van der Waals surface area contributed by atoms with Gasteiger partial charge >= 0.3 is 5.97 Å². The molecule has 1 aliphatic heterocycles. The SMILES string of the molecule is Cc1ccc(C(=O)Oc2ccc(C3C4=C(CCCC4=O)OC4=C3C(=O)CCC4)cc2)cc1. The summed E-state index contributed by atoms with van der Waals surface area (Å²) in [6.45, 7) is 1.96. The number of hydrogen-bond donors (Lipinski definition) is 0. The van der Waals surface area contributed by atoms with E-state index in [1.807, 2.05) is 31.2 Å². The van der Waals surface area contributed by atoms with Gasteiger partial charge in [0.1, 0.15) is 17.3 Å². The molecule has 32 heavy (non-hydrogen) atoms. The fraction of sp³-hybridized carbons (Fsp3) is 0.296. The van der Waals surface area contributed by atoms with E-state index in [9.17, 15) is 14.4 Å². The fourth-order valence-electron chi connectivity index (χ4n) is 4.73. The van der Waals surface area contributed by atoms with E-state index in [1.54, 1.807) is 24.3 Å². The molecule has 162 valence electrons. The number of benzene rings is 2. The molecule has 0 N–H and O–H groups in total. The number of carbonyl (C=O) groups excluding carboxylic acids is 3. The van der Waals surface area contributed by atoms with Crippen LogP contribution in [0.4, 0.5) is 0 Å². The van der Waals surface area contributed by atoms with Crippen LogP contribution in [0.1, 0.15) is 65.9 Å². The van der Waals surface area contributed by atoms with E-state index in [2.05, 4.69) is 0 Å². The first-order valence-electron chi connectivity index (χ1n) is 11.1. The maximum Gasteiger partial charge on any atom is 0.343 e. The van der Waals surface area contributed by atoms with Crippen LogP contribution < -0.4 is 4.74 Å². The molecule has 0 aromatic heterocycles. The minimum atomic E-state index is -0.427. The first kappa shape index (κ1) is 20.4. The largest absolute Gasteiger partial charge is 0.465 e. The van der Waals surface area contributed by atoms with Gasteiger partial charge in [0.2, 0.25) is 0 Å². The summed E-state index contributed by atoms with van der Waals surface area (Å²) in [5, 5.41) is 0. The highest BCUT2D eigenvalue weighted by molar-refractivity contribution is 6.05. The number of hydrogen-bond acceptors (Lipinski definition) is 5. The van der Waals surface area contributed by atoms with Crippen LogP contribution in [0.2, 0.25) is 0 Å². The lowest BCUT2D eigenvalue weighted by Gasteiger charge is -2.36. The zero-order valence-corrected chi connectivity index (χ0v) is 18.0. The molecule has 0 radical (unpaired) electrons. The molecule has 5 heteroatoms. The number of esters is 1. The van der Waals surface area contributed by atoms with E-state index in [-0.39, 0.29) is 11.6 Å². The Balaban J connectivity index is 1.46. The Morgan fingerprint density at radius 1 is 0.812 bits per heavy atom. The number of ketones is 2. The molecule has 0 saturated carbocycles. The van der Waals surface area contributed by atoms with Crippen LogP contribution in [-0.2, 0) is 14.3 Å². The van der Waals surface area contributed by atoms with Gasteiger partial charge in [-0.3, -0.25) is 9.59 Å². The van der Waals surface area contributed by atoms with Crippen LogP contribution in [0.5, 0.6) is 5.75 Å². The van der Waals surface area contributed by atoms with E-state index < -0.39 is 11.9 Å². The van der Waals surface area contributed by atoms with Gasteiger partial charge in [0.25, 0.3) is 0 Å². The van der Waals surface area contributed by atoms with Crippen molar-refractivity contribution in [1.82, 2.24) is 0 Å². The van der Waals surface area contributed by atoms with Crippen LogP contribution in [0.25, 0.3) is 0 Å². The second-order valence-corrected chi connectivity index (χ2v) is 8.59. The second kappa shape index (κ2) is 8.23. The Hall–Kier alpha value is -3.47. The summed E-state index contributed by atoms with van der Waals surface area (Å²) < 4.78 is 11.6. The van der Waals surface area contributed by atoms with Gasteiger partial charge in [-0.25, -0.2) is 4.79 Å². The van der Waals surface area contributed by atoms with Gasteiger partial charge in [-0.1, -0.05) is 29.8 Å². The van der Waals surface area contributed by atoms with E-state index in [4.69, 9.17) is 9.47 Å². The maximum atomic E-state index is 12.8. The molecule has 0 spiro atoms. The molecular weight excluding hydrogens is 404 g/mol. The molecular formula is C27H24O5. The topological polar surface area (TPSA) is 69.7 Å². The summed E-state index contributed by atoms with van der Waals surface area (Å²) in [6, 6.07) is 14.3. The van der Waals surface area contributed by atoms with Crippen molar-refractivity contribution in [3.8, 4) is 5.75 Å². The molecule has 5 nitrogen and oxygen atoms in total. The summed E-state index contributed by atoms with van der Waals surface area (Å²) >= 11 is 0. The Morgan fingerprint density at radius 3 is 1.94 bits per heavy atom. The molecule has 3 aliphatic rings. The number of allylic oxidation sites excluding steroid dienone is 4. The molecule has 0 atom stereocenters. The number of carbonyl (C=O) groups is 3. The van der Waals surface area contributed by atoms with Crippen LogP contribution in [0.3, 0.4) is 0 Å². The highest BCUT2D eigenvalue weighted by atomic mass is 16.5. The highest BCUT2D eigenvalue weighted by Crippen LogP contribution is 2.47. The third kappa shape index (κ3) is 3.68. The lowest BCUT2D eigenvalue weighted by atomic mass is 9.73. The number of rotatable bonds is 3. The summed E-state index contributed by atoms with van der Waals surface area (Å²) in [4.78, 5) is 38.1. The smallest absolute Gasteiger partial charge is 0.343 e. The molecule has 2 aromatic carbocycles. The van der Waals surface area contributed by atoms with Crippen LogP contribution >= 0.6 is 0 Å². The quantitative estimate of drug-likeness (QED) is 0.487. The molecule has 5 rings (SSSR count). The van der Waals surface area contributed by atoms with Crippen molar-refractivity contribution < 1.29 is 23.9 Å². The van der Waals surface area contributed by atoms with Crippen molar-refractivity contribution in [3.05, 3.63) is 87.9 Å². The summed E-state index contributed by atoms with van der Waals surface area (Å²) in [6.07, 6.45) is 3.93.